The number of Topliss-reactive ketones (excluding diaryl/α,β-unsaturated/α-hetero) is 1. The van der Waals surface area contributed by atoms with Crippen molar-refractivity contribution < 1.29 is 14.3 Å². The van der Waals surface area contributed by atoms with Crippen molar-refractivity contribution >= 4 is 5.78 Å². The van der Waals surface area contributed by atoms with Gasteiger partial charge in [0.15, 0.2) is 0 Å². The van der Waals surface area contributed by atoms with Crippen molar-refractivity contribution in [1.82, 2.24) is 0 Å². The summed E-state index contributed by atoms with van der Waals surface area (Å²) in [5.74, 6) is 1.55. The monoisotopic (exact) mass is 374 g/mol. The molecule has 0 amide bonds. The van der Waals surface area contributed by atoms with Gasteiger partial charge in [-0.05, 0) is 53.9 Å². The van der Waals surface area contributed by atoms with E-state index in [1.165, 1.54) is 22.3 Å². The molecule has 0 saturated heterocycles. The van der Waals surface area contributed by atoms with E-state index in [9.17, 15) is 4.79 Å². The Hall–Kier alpha value is -1.19. The van der Waals surface area contributed by atoms with Crippen molar-refractivity contribution in [1.29, 1.82) is 0 Å². The molecular formula is C24H38O3. The van der Waals surface area contributed by atoms with Crippen molar-refractivity contribution in [2.45, 2.75) is 104 Å². The van der Waals surface area contributed by atoms with E-state index >= 15 is 0 Å². The molecule has 0 aliphatic heterocycles. The van der Waals surface area contributed by atoms with Gasteiger partial charge >= 0.3 is 0 Å². The third kappa shape index (κ3) is 4.63. The average Bonchev–Trinajstić information content (AvgIpc) is 2.87. The lowest BCUT2D eigenvalue weighted by Gasteiger charge is -2.33. The number of benzene rings is 1. The van der Waals surface area contributed by atoms with Gasteiger partial charge in [0.2, 0.25) is 0 Å². The first-order chi connectivity index (χ1) is 12.5. The molecule has 152 valence electrons. The lowest BCUT2D eigenvalue weighted by atomic mass is 9.82. The molecule has 1 aliphatic carbocycles. The second kappa shape index (κ2) is 8.45. The molecule has 1 fully saturated rings. The van der Waals surface area contributed by atoms with Gasteiger partial charge in [0.25, 0.3) is 0 Å². The summed E-state index contributed by atoms with van der Waals surface area (Å²) in [6.07, 6.45) is 0.592. The van der Waals surface area contributed by atoms with Crippen LogP contribution in [0.1, 0.15) is 114 Å². The highest BCUT2D eigenvalue weighted by Crippen LogP contribution is 2.40. The molecular weight excluding hydrogens is 336 g/mol. The third-order valence-corrected chi connectivity index (χ3v) is 6.06. The summed E-state index contributed by atoms with van der Waals surface area (Å²) >= 11 is 0. The molecule has 0 N–H and O–H groups in total. The fraction of sp³-hybridized carbons (Fsp3) is 0.708. The van der Waals surface area contributed by atoms with E-state index in [1.807, 2.05) is 6.92 Å². The fourth-order valence-electron chi connectivity index (χ4n) is 4.19. The first kappa shape index (κ1) is 22.1. The quantitative estimate of drug-likeness (QED) is 0.564. The molecule has 2 rings (SSSR count). The van der Waals surface area contributed by atoms with E-state index in [-0.39, 0.29) is 18.0 Å². The van der Waals surface area contributed by atoms with Crippen molar-refractivity contribution in [2.24, 2.45) is 0 Å². The standard InChI is InChI=1S/C24H38O3/c1-14(2)18-10-20(15(3)4)23(21(11-18)16(5)6)17(7)27-22-12-19(25)13-24(22,8)26-9/h10-11,14-17,22H,12-13H2,1-9H3/t17-,22+,24+/m1/s1. The Morgan fingerprint density at radius 2 is 1.48 bits per heavy atom. The number of hydrogen-bond donors (Lipinski definition) is 0. The van der Waals surface area contributed by atoms with E-state index in [2.05, 4.69) is 60.6 Å². The average molecular weight is 375 g/mol. The van der Waals surface area contributed by atoms with Crippen molar-refractivity contribution in [2.75, 3.05) is 7.11 Å². The van der Waals surface area contributed by atoms with E-state index < -0.39 is 5.60 Å². The minimum atomic E-state index is -0.529. The lowest BCUT2D eigenvalue weighted by Crippen LogP contribution is -2.38. The SMILES string of the molecule is CO[C@@]1(C)CC(=O)C[C@@H]1O[C@H](C)c1c(C(C)C)cc(C(C)C)cc1C(C)C. The van der Waals surface area contributed by atoms with Gasteiger partial charge in [0, 0.05) is 20.0 Å². The molecule has 3 atom stereocenters. The Kier molecular flexibility index (Phi) is 6.91. The number of carbonyl (C=O) groups excluding carboxylic acids is 1. The highest BCUT2D eigenvalue weighted by Gasteiger charge is 2.45. The van der Waals surface area contributed by atoms with Crippen molar-refractivity contribution in [3.05, 3.63) is 34.4 Å². The minimum absolute atomic E-state index is 0.0774. The number of methoxy groups -OCH3 is 1. The molecule has 0 unspecified atom stereocenters. The summed E-state index contributed by atoms with van der Waals surface area (Å²) in [5.41, 5.74) is 4.87. The largest absolute Gasteiger partial charge is 0.375 e. The molecule has 0 aromatic heterocycles. The van der Waals surface area contributed by atoms with Crippen LogP contribution < -0.4 is 0 Å². The van der Waals surface area contributed by atoms with Gasteiger partial charge in [-0.3, -0.25) is 4.79 Å². The predicted molar refractivity (Wildman–Crippen MR) is 112 cm³/mol. The number of carbonyl (C=O) groups is 1. The van der Waals surface area contributed by atoms with E-state index in [1.54, 1.807) is 7.11 Å². The van der Waals surface area contributed by atoms with Crippen LogP contribution in [0.15, 0.2) is 12.1 Å². The maximum atomic E-state index is 12.1. The third-order valence-electron chi connectivity index (χ3n) is 6.06. The van der Waals surface area contributed by atoms with Crippen LogP contribution in [-0.2, 0) is 14.3 Å². The van der Waals surface area contributed by atoms with Gasteiger partial charge in [-0.25, -0.2) is 0 Å². The molecule has 0 heterocycles. The molecule has 0 spiro atoms. The Balaban J connectivity index is 2.47. The smallest absolute Gasteiger partial charge is 0.138 e. The van der Waals surface area contributed by atoms with E-state index in [4.69, 9.17) is 9.47 Å². The molecule has 0 bridgehead atoms. The minimum Gasteiger partial charge on any atom is -0.375 e. The Morgan fingerprint density at radius 1 is 0.963 bits per heavy atom. The molecule has 3 nitrogen and oxygen atoms in total. The molecule has 0 radical (unpaired) electrons. The molecule has 1 aromatic carbocycles. The van der Waals surface area contributed by atoms with Crippen LogP contribution in [-0.4, -0.2) is 24.6 Å². The van der Waals surface area contributed by atoms with Gasteiger partial charge in [0.1, 0.15) is 5.78 Å². The first-order valence-corrected chi connectivity index (χ1v) is 10.4. The zero-order valence-corrected chi connectivity index (χ0v) is 18.7. The van der Waals surface area contributed by atoms with Crippen LogP contribution in [0.4, 0.5) is 0 Å². The highest BCUT2D eigenvalue weighted by atomic mass is 16.6. The maximum absolute atomic E-state index is 12.1. The van der Waals surface area contributed by atoms with E-state index in [0.717, 1.165) is 0 Å². The van der Waals surface area contributed by atoms with Gasteiger partial charge in [-0.15, -0.1) is 0 Å². The number of rotatable bonds is 7. The highest BCUT2D eigenvalue weighted by molar-refractivity contribution is 5.83. The Labute approximate surface area is 165 Å². The zero-order valence-electron chi connectivity index (χ0n) is 18.7. The van der Waals surface area contributed by atoms with Crippen LogP contribution >= 0.6 is 0 Å². The van der Waals surface area contributed by atoms with Gasteiger partial charge < -0.3 is 9.47 Å². The summed E-state index contributed by atoms with van der Waals surface area (Å²) in [5, 5.41) is 0. The van der Waals surface area contributed by atoms with Crippen LogP contribution in [0.5, 0.6) is 0 Å². The topological polar surface area (TPSA) is 35.5 Å². The molecule has 1 saturated carbocycles. The van der Waals surface area contributed by atoms with Gasteiger partial charge in [-0.1, -0.05) is 53.7 Å². The first-order valence-electron chi connectivity index (χ1n) is 10.4. The van der Waals surface area contributed by atoms with Gasteiger partial charge in [0.05, 0.1) is 17.8 Å². The zero-order chi connectivity index (χ0) is 20.5. The summed E-state index contributed by atoms with van der Waals surface area (Å²) in [6.45, 7) is 17.6. The second-order valence-electron chi connectivity index (χ2n) is 9.28. The summed E-state index contributed by atoms with van der Waals surface area (Å²) in [7, 11) is 1.68. The molecule has 27 heavy (non-hydrogen) atoms. The van der Waals surface area contributed by atoms with Crippen molar-refractivity contribution in [3.63, 3.8) is 0 Å². The Morgan fingerprint density at radius 3 is 1.89 bits per heavy atom. The summed E-state index contributed by atoms with van der Waals surface area (Å²) < 4.78 is 12.2. The van der Waals surface area contributed by atoms with Crippen LogP contribution in [0, 0.1) is 0 Å². The normalized spacial score (nSPS) is 24.4. The number of ether oxygens (including phenoxy) is 2. The Bertz CT molecular complexity index is 645. The van der Waals surface area contributed by atoms with Crippen LogP contribution in [0.3, 0.4) is 0 Å². The predicted octanol–water partition coefficient (Wildman–Crippen LogP) is 6.27. The number of hydrogen-bond acceptors (Lipinski definition) is 3. The van der Waals surface area contributed by atoms with E-state index in [0.29, 0.717) is 30.6 Å². The maximum Gasteiger partial charge on any atom is 0.138 e. The molecule has 1 aromatic rings. The van der Waals surface area contributed by atoms with Crippen LogP contribution in [0.2, 0.25) is 0 Å². The second-order valence-corrected chi connectivity index (χ2v) is 9.28. The fourth-order valence-corrected chi connectivity index (χ4v) is 4.19. The van der Waals surface area contributed by atoms with Crippen molar-refractivity contribution in [3.8, 4) is 0 Å². The number of ketones is 1. The summed E-state index contributed by atoms with van der Waals surface area (Å²) in [6, 6.07) is 4.71. The van der Waals surface area contributed by atoms with Gasteiger partial charge in [-0.2, -0.15) is 0 Å². The summed E-state index contributed by atoms with van der Waals surface area (Å²) in [4.78, 5) is 12.1. The van der Waals surface area contributed by atoms with Crippen LogP contribution in [0.25, 0.3) is 0 Å². The lowest BCUT2D eigenvalue weighted by molar-refractivity contribution is -0.124. The molecule has 1 aliphatic rings. The molecule has 3 heteroatoms.